The third-order valence-electron chi connectivity index (χ3n) is 6.66. The number of methoxy groups -OCH3 is 1. The highest BCUT2D eigenvalue weighted by atomic mass is 35.5. The molecular weight excluding hydrogens is 585 g/mol. The van der Waals surface area contributed by atoms with E-state index in [1.807, 2.05) is 31.4 Å². The quantitative estimate of drug-likeness (QED) is 0.134. The standard InChI is InChI=1S/C29H35N5O4S.2ClH/c1-5-7-9-26-30-16-24(33(26)17-21-10-12-22(13-11-21)28(36)38-4)15-25-27(35)32(14-8-6-2)29(37)34(25)18-23-19-39-20(3)31-23;;/h10-13,15-16,19H,5-9,14,17-18H2,1-4H3;2*1H/b25-15-;;. The van der Waals surface area contributed by atoms with E-state index in [9.17, 15) is 14.4 Å². The van der Waals surface area contributed by atoms with Gasteiger partial charge in [-0.2, -0.15) is 0 Å². The van der Waals surface area contributed by atoms with Crippen LogP contribution >= 0.6 is 36.2 Å². The summed E-state index contributed by atoms with van der Waals surface area (Å²) in [6.45, 7) is 7.20. The maximum Gasteiger partial charge on any atom is 0.337 e. The lowest BCUT2D eigenvalue weighted by atomic mass is 10.1. The highest BCUT2D eigenvalue weighted by Crippen LogP contribution is 2.27. The van der Waals surface area contributed by atoms with E-state index in [4.69, 9.17) is 4.74 Å². The van der Waals surface area contributed by atoms with E-state index in [1.54, 1.807) is 24.4 Å². The number of hydrogen-bond donors (Lipinski definition) is 0. The Bertz CT molecular complexity index is 1370. The van der Waals surface area contributed by atoms with Gasteiger partial charge in [0.15, 0.2) is 0 Å². The minimum Gasteiger partial charge on any atom is -0.465 e. The van der Waals surface area contributed by atoms with E-state index in [0.717, 1.165) is 59.9 Å². The number of thiazole rings is 1. The number of unbranched alkanes of at least 4 members (excludes halogenated alkanes) is 2. The number of rotatable bonds is 12. The van der Waals surface area contributed by atoms with Crippen LogP contribution in [0.15, 0.2) is 41.5 Å². The highest BCUT2D eigenvalue weighted by Gasteiger charge is 2.41. The molecule has 0 spiro atoms. The molecule has 0 unspecified atom stereocenters. The Morgan fingerprint density at radius 3 is 2.34 bits per heavy atom. The summed E-state index contributed by atoms with van der Waals surface area (Å²) in [6.07, 6.45) is 7.95. The van der Waals surface area contributed by atoms with Gasteiger partial charge in [0.05, 0.1) is 41.8 Å². The van der Waals surface area contributed by atoms with Gasteiger partial charge in [0, 0.05) is 24.9 Å². The van der Waals surface area contributed by atoms with Gasteiger partial charge in [-0.25, -0.2) is 19.6 Å². The minimum atomic E-state index is -0.384. The van der Waals surface area contributed by atoms with E-state index in [2.05, 4.69) is 21.5 Å². The first-order chi connectivity index (χ1) is 18.9. The summed E-state index contributed by atoms with van der Waals surface area (Å²) in [7, 11) is 1.36. The Kier molecular flexibility index (Phi) is 13.0. The number of amides is 3. The van der Waals surface area contributed by atoms with Crippen LogP contribution in [0.2, 0.25) is 0 Å². The lowest BCUT2D eigenvalue weighted by molar-refractivity contribution is -0.123. The van der Waals surface area contributed by atoms with Gasteiger partial charge >= 0.3 is 12.0 Å². The predicted molar refractivity (Wildman–Crippen MR) is 165 cm³/mol. The molecule has 1 aromatic carbocycles. The van der Waals surface area contributed by atoms with Crippen LogP contribution in [0.1, 0.15) is 77.7 Å². The number of benzene rings is 1. The van der Waals surface area contributed by atoms with Crippen LogP contribution in [-0.4, -0.2) is 55.9 Å². The molecule has 41 heavy (non-hydrogen) atoms. The molecule has 3 amide bonds. The monoisotopic (exact) mass is 621 g/mol. The summed E-state index contributed by atoms with van der Waals surface area (Å²) in [5, 5.41) is 2.83. The van der Waals surface area contributed by atoms with E-state index < -0.39 is 0 Å². The Labute approximate surface area is 257 Å². The summed E-state index contributed by atoms with van der Waals surface area (Å²) in [5.74, 6) is 0.221. The fraction of sp³-hybridized carbons (Fsp3) is 0.414. The number of halogens is 2. The first kappa shape index (κ1) is 34.0. The van der Waals surface area contributed by atoms with E-state index in [-0.39, 0.29) is 49.3 Å². The zero-order valence-electron chi connectivity index (χ0n) is 23.8. The topological polar surface area (TPSA) is 97.6 Å². The largest absolute Gasteiger partial charge is 0.465 e. The molecule has 0 N–H and O–H groups in total. The van der Waals surface area contributed by atoms with Gasteiger partial charge in [-0.3, -0.25) is 14.6 Å². The second kappa shape index (κ2) is 15.7. The van der Waals surface area contributed by atoms with Crippen molar-refractivity contribution in [2.45, 2.75) is 66.0 Å². The maximum absolute atomic E-state index is 13.5. The number of esters is 1. The fourth-order valence-electron chi connectivity index (χ4n) is 4.49. The molecule has 1 aliphatic rings. The van der Waals surface area contributed by atoms with E-state index >= 15 is 0 Å². The van der Waals surface area contributed by atoms with Crippen molar-refractivity contribution in [3.05, 3.63) is 74.9 Å². The fourth-order valence-corrected chi connectivity index (χ4v) is 5.09. The van der Waals surface area contributed by atoms with Crippen LogP contribution < -0.4 is 0 Å². The molecule has 4 rings (SSSR count). The van der Waals surface area contributed by atoms with Gasteiger partial charge in [0.2, 0.25) is 0 Å². The Balaban J connectivity index is 0.00000294. The number of nitrogens with zero attached hydrogens (tertiary/aromatic N) is 5. The van der Waals surface area contributed by atoms with E-state index in [1.165, 1.54) is 28.2 Å². The average molecular weight is 623 g/mol. The summed E-state index contributed by atoms with van der Waals surface area (Å²) < 4.78 is 6.89. The predicted octanol–water partition coefficient (Wildman–Crippen LogP) is 6.27. The second-order valence-electron chi connectivity index (χ2n) is 9.54. The number of carbonyl (C=O) groups is 3. The van der Waals surface area contributed by atoms with Crippen molar-refractivity contribution >= 4 is 60.1 Å². The first-order valence-electron chi connectivity index (χ1n) is 13.3. The number of carbonyl (C=O) groups excluding carboxylic acids is 3. The molecule has 0 atom stereocenters. The molecule has 0 aliphatic carbocycles. The normalized spacial score (nSPS) is 13.9. The van der Waals surface area contributed by atoms with Crippen molar-refractivity contribution in [1.82, 2.24) is 24.3 Å². The molecule has 2 aromatic heterocycles. The Morgan fingerprint density at radius 2 is 1.73 bits per heavy atom. The SMILES string of the molecule is CCCCc1ncc(/C=C2/C(=O)N(CCCC)C(=O)N2Cc2csc(C)n2)n1Cc1ccc(C(=O)OC)cc1.Cl.Cl. The molecule has 9 nitrogen and oxygen atoms in total. The zero-order chi connectivity index (χ0) is 27.9. The van der Waals surface area contributed by atoms with Crippen LogP contribution in [-0.2, 0) is 29.0 Å². The highest BCUT2D eigenvalue weighted by molar-refractivity contribution is 7.09. The van der Waals surface area contributed by atoms with Gasteiger partial charge in [0.1, 0.15) is 11.5 Å². The molecule has 1 saturated heterocycles. The van der Waals surface area contributed by atoms with Gasteiger partial charge in [-0.15, -0.1) is 36.2 Å². The van der Waals surface area contributed by atoms with Crippen LogP contribution in [0.5, 0.6) is 0 Å². The molecular formula is C29H37Cl2N5O4S. The van der Waals surface area contributed by atoms with Gasteiger partial charge in [-0.1, -0.05) is 38.8 Å². The summed E-state index contributed by atoms with van der Waals surface area (Å²) in [5.41, 5.74) is 3.28. The Morgan fingerprint density at radius 1 is 1.02 bits per heavy atom. The number of aromatic nitrogens is 3. The molecule has 0 radical (unpaired) electrons. The number of imidazole rings is 1. The maximum atomic E-state index is 13.5. The van der Waals surface area contributed by atoms with Gasteiger partial charge in [-0.05, 0) is 43.5 Å². The lowest BCUT2D eigenvalue weighted by Gasteiger charge is -2.16. The molecule has 12 heteroatoms. The van der Waals surface area contributed by atoms with Gasteiger partial charge in [0.25, 0.3) is 5.91 Å². The number of ether oxygens (including phenoxy) is 1. The molecule has 1 aliphatic heterocycles. The number of aryl methyl sites for hydroxylation is 2. The molecule has 0 saturated carbocycles. The minimum absolute atomic E-state index is 0. The molecule has 3 heterocycles. The molecule has 1 fully saturated rings. The average Bonchev–Trinajstić information content (AvgIpc) is 3.59. The van der Waals surface area contributed by atoms with Crippen LogP contribution in [0.4, 0.5) is 4.79 Å². The number of imide groups is 1. The van der Waals surface area contributed by atoms with Crippen molar-refractivity contribution in [2.24, 2.45) is 0 Å². The lowest BCUT2D eigenvalue weighted by Crippen LogP contribution is -2.33. The van der Waals surface area contributed by atoms with E-state index in [0.29, 0.717) is 24.4 Å². The van der Waals surface area contributed by atoms with Crippen LogP contribution in [0.25, 0.3) is 6.08 Å². The second-order valence-corrected chi connectivity index (χ2v) is 10.6. The summed E-state index contributed by atoms with van der Waals surface area (Å²) >= 11 is 1.52. The summed E-state index contributed by atoms with van der Waals surface area (Å²) in [6, 6.07) is 6.94. The van der Waals surface area contributed by atoms with Crippen molar-refractivity contribution in [2.75, 3.05) is 13.7 Å². The third kappa shape index (κ3) is 7.96. The molecule has 222 valence electrons. The molecule has 3 aromatic rings. The van der Waals surface area contributed by atoms with Crippen molar-refractivity contribution in [1.29, 1.82) is 0 Å². The Hall–Kier alpha value is -3.21. The summed E-state index contributed by atoms with van der Waals surface area (Å²) in [4.78, 5) is 50.8. The zero-order valence-corrected chi connectivity index (χ0v) is 26.2. The smallest absolute Gasteiger partial charge is 0.337 e. The van der Waals surface area contributed by atoms with Crippen LogP contribution in [0.3, 0.4) is 0 Å². The van der Waals surface area contributed by atoms with Crippen molar-refractivity contribution < 1.29 is 19.1 Å². The van der Waals surface area contributed by atoms with Crippen LogP contribution in [0, 0.1) is 6.92 Å². The van der Waals surface area contributed by atoms with Crippen molar-refractivity contribution in [3.63, 3.8) is 0 Å². The van der Waals surface area contributed by atoms with Crippen molar-refractivity contribution in [3.8, 4) is 0 Å². The number of hydrogen-bond acceptors (Lipinski definition) is 7. The molecule has 0 bridgehead atoms. The van der Waals surface area contributed by atoms with Gasteiger partial charge < -0.3 is 9.30 Å². The third-order valence-corrected chi connectivity index (χ3v) is 7.48. The first-order valence-corrected chi connectivity index (χ1v) is 14.2. The number of urea groups is 1.